The Morgan fingerprint density at radius 1 is 1.12 bits per heavy atom. The van der Waals surface area contributed by atoms with Crippen molar-refractivity contribution in [3.05, 3.63) is 64.0 Å². The standard InChI is InChI=1S/C18H14Cl2F2N2O/c1-3-25-15-9-12(21)8-14(22)16(15)17-18(20)23-10(2)24(17)13-6-4-11(19)5-7-13/h4-9H,3H2,1-2H3. The van der Waals surface area contributed by atoms with Crippen LogP contribution in [0.3, 0.4) is 0 Å². The van der Waals surface area contributed by atoms with E-state index in [0.717, 1.165) is 12.1 Å². The molecule has 0 bridgehead atoms. The molecule has 130 valence electrons. The molecule has 2 aromatic carbocycles. The van der Waals surface area contributed by atoms with Gasteiger partial charge in [-0.1, -0.05) is 23.2 Å². The van der Waals surface area contributed by atoms with Crippen LogP contribution in [0.25, 0.3) is 16.9 Å². The van der Waals surface area contributed by atoms with Crippen LogP contribution in [0.15, 0.2) is 36.4 Å². The van der Waals surface area contributed by atoms with Gasteiger partial charge in [0.05, 0.1) is 17.9 Å². The third-order valence-electron chi connectivity index (χ3n) is 3.64. The summed E-state index contributed by atoms with van der Waals surface area (Å²) < 4.78 is 35.4. The predicted molar refractivity (Wildman–Crippen MR) is 94.8 cm³/mol. The summed E-state index contributed by atoms with van der Waals surface area (Å²) in [6, 6.07) is 8.86. The van der Waals surface area contributed by atoms with Gasteiger partial charge in [-0.2, -0.15) is 0 Å². The van der Waals surface area contributed by atoms with Crippen LogP contribution in [0.4, 0.5) is 8.78 Å². The summed E-state index contributed by atoms with van der Waals surface area (Å²) in [6.45, 7) is 3.73. The number of hydrogen-bond acceptors (Lipinski definition) is 2. The largest absolute Gasteiger partial charge is 0.493 e. The Labute approximate surface area is 153 Å². The Kier molecular flexibility index (Phi) is 4.97. The Hall–Kier alpha value is -2.11. The van der Waals surface area contributed by atoms with Crippen LogP contribution in [0.1, 0.15) is 12.7 Å². The van der Waals surface area contributed by atoms with Crippen molar-refractivity contribution in [3.63, 3.8) is 0 Å². The van der Waals surface area contributed by atoms with Crippen LogP contribution >= 0.6 is 23.2 Å². The van der Waals surface area contributed by atoms with Gasteiger partial charge in [-0.15, -0.1) is 0 Å². The Morgan fingerprint density at radius 3 is 2.44 bits per heavy atom. The number of benzene rings is 2. The first-order valence-corrected chi connectivity index (χ1v) is 8.31. The van der Waals surface area contributed by atoms with E-state index in [1.807, 2.05) is 0 Å². The number of imidazole rings is 1. The van der Waals surface area contributed by atoms with Crippen LogP contribution in [0, 0.1) is 18.6 Å². The van der Waals surface area contributed by atoms with Gasteiger partial charge in [0.2, 0.25) is 0 Å². The van der Waals surface area contributed by atoms with Crippen molar-refractivity contribution in [3.8, 4) is 22.7 Å². The van der Waals surface area contributed by atoms with Crippen molar-refractivity contribution in [2.75, 3.05) is 6.61 Å². The van der Waals surface area contributed by atoms with Crippen molar-refractivity contribution in [2.45, 2.75) is 13.8 Å². The Morgan fingerprint density at radius 2 is 1.80 bits per heavy atom. The van der Waals surface area contributed by atoms with Gasteiger partial charge in [0, 0.05) is 22.8 Å². The minimum Gasteiger partial charge on any atom is -0.493 e. The van der Waals surface area contributed by atoms with E-state index in [9.17, 15) is 8.78 Å². The molecule has 0 spiro atoms. The van der Waals surface area contributed by atoms with E-state index >= 15 is 0 Å². The van der Waals surface area contributed by atoms with Gasteiger partial charge in [0.25, 0.3) is 0 Å². The molecule has 0 saturated carbocycles. The first-order chi connectivity index (χ1) is 11.9. The van der Waals surface area contributed by atoms with Gasteiger partial charge in [-0.05, 0) is 38.1 Å². The number of aromatic nitrogens is 2. The number of aryl methyl sites for hydroxylation is 1. The van der Waals surface area contributed by atoms with Gasteiger partial charge in [-0.25, -0.2) is 13.8 Å². The second-order valence-electron chi connectivity index (χ2n) is 5.30. The number of halogens is 4. The first kappa shape index (κ1) is 17.7. The number of ether oxygens (including phenoxy) is 1. The molecule has 0 aliphatic rings. The molecule has 7 heteroatoms. The lowest BCUT2D eigenvalue weighted by molar-refractivity contribution is 0.337. The smallest absolute Gasteiger partial charge is 0.156 e. The summed E-state index contributed by atoms with van der Waals surface area (Å²) in [6.07, 6.45) is 0. The second kappa shape index (κ2) is 7.02. The van der Waals surface area contributed by atoms with Gasteiger partial charge in [-0.3, -0.25) is 4.57 Å². The minimum absolute atomic E-state index is 0.0591. The van der Waals surface area contributed by atoms with E-state index in [1.54, 1.807) is 42.7 Å². The highest BCUT2D eigenvalue weighted by molar-refractivity contribution is 6.32. The SMILES string of the molecule is CCOc1cc(F)cc(F)c1-c1c(Cl)nc(C)n1-c1ccc(Cl)cc1. The van der Waals surface area contributed by atoms with Crippen LogP contribution in [-0.2, 0) is 0 Å². The van der Waals surface area contributed by atoms with Crippen molar-refractivity contribution in [1.29, 1.82) is 0 Å². The van der Waals surface area contributed by atoms with Crippen LogP contribution in [0.5, 0.6) is 5.75 Å². The molecule has 1 aromatic heterocycles. The summed E-state index contributed by atoms with van der Waals surface area (Å²) in [5.74, 6) is -0.888. The monoisotopic (exact) mass is 382 g/mol. The van der Waals surface area contributed by atoms with Gasteiger partial charge >= 0.3 is 0 Å². The lowest BCUT2D eigenvalue weighted by Gasteiger charge is -2.15. The van der Waals surface area contributed by atoms with E-state index in [4.69, 9.17) is 27.9 Å². The zero-order chi connectivity index (χ0) is 18.1. The van der Waals surface area contributed by atoms with E-state index in [2.05, 4.69) is 4.98 Å². The van der Waals surface area contributed by atoms with Crippen molar-refractivity contribution in [2.24, 2.45) is 0 Å². The molecule has 0 aliphatic heterocycles. The molecular weight excluding hydrogens is 369 g/mol. The maximum atomic E-state index is 14.6. The van der Waals surface area contributed by atoms with E-state index in [-0.39, 0.29) is 23.1 Å². The summed E-state index contributed by atoms with van der Waals surface area (Å²) >= 11 is 12.2. The normalized spacial score (nSPS) is 11.0. The third kappa shape index (κ3) is 3.34. The highest BCUT2D eigenvalue weighted by atomic mass is 35.5. The van der Waals surface area contributed by atoms with Crippen molar-refractivity contribution < 1.29 is 13.5 Å². The molecule has 0 N–H and O–H groups in total. The fraction of sp³-hybridized carbons (Fsp3) is 0.167. The summed E-state index contributed by atoms with van der Waals surface area (Å²) in [5, 5.41) is 0.663. The zero-order valence-electron chi connectivity index (χ0n) is 13.5. The highest BCUT2D eigenvalue weighted by Crippen LogP contribution is 2.39. The average Bonchev–Trinajstić information content (AvgIpc) is 2.82. The molecule has 0 atom stereocenters. The van der Waals surface area contributed by atoms with Gasteiger partial charge in [0.1, 0.15) is 23.2 Å². The molecule has 0 unspecified atom stereocenters. The van der Waals surface area contributed by atoms with E-state index in [1.165, 1.54) is 0 Å². The molecule has 0 fully saturated rings. The van der Waals surface area contributed by atoms with Crippen LogP contribution < -0.4 is 4.74 Å². The summed E-state index contributed by atoms with van der Waals surface area (Å²) in [5.41, 5.74) is 1.05. The van der Waals surface area contributed by atoms with E-state index in [0.29, 0.717) is 22.2 Å². The molecule has 1 heterocycles. The Balaban J connectivity index is 2.31. The minimum atomic E-state index is -0.777. The maximum Gasteiger partial charge on any atom is 0.156 e. The first-order valence-electron chi connectivity index (χ1n) is 7.55. The molecular formula is C18H14Cl2F2N2O. The molecule has 3 rings (SSSR count). The molecule has 3 nitrogen and oxygen atoms in total. The fourth-order valence-corrected chi connectivity index (χ4v) is 3.10. The number of nitrogens with zero attached hydrogens (tertiary/aromatic N) is 2. The number of rotatable bonds is 4. The number of hydrogen-bond donors (Lipinski definition) is 0. The quantitative estimate of drug-likeness (QED) is 0.567. The molecule has 25 heavy (non-hydrogen) atoms. The molecule has 3 aromatic rings. The highest BCUT2D eigenvalue weighted by Gasteiger charge is 2.24. The molecule has 0 saturated heterocycles. The third-order valence-corrected chi connectivity index (χ3v) is 4.16. The average molecular weight is 383 g/mol. The lowest BCUT2D eigenvalue weighted by Crippen LogP contribution is -2.04. The predicted octanol–water partition coefficient (Wildman–Crippen LogP) is 5.83. The molecule has 0 aliphatic carbocycles. The fourth-order valence-electron chi connectivity index (χ4n) is 2.67. The summed E-state index contributed by atoms with van der Waals surface area (Å²) in [7, 11) is 0. The second-order valence-corrected chi connectivity index (χ2v) is 6.10. The lowest BCUT2D eigenvalue weighted by atomic mass is 10.1. The van der Waals surface area contributed by atoms with Crippen LogP contribution in [0.2, 0.25) is 10.2 Å². The van der Waals surface area contributed by atoms with Gasteiger partial charge < -0.3 is 4.74 Å². The molecule has 0 amide bonds. The summed E-state index contributed by atoms with van der Waals surface area (Å²) in [4.78, 5) is 4.23. The Bertz CT molecular complexity index is 924. The zero-order valence-corrected chi connectivity index (χ0v) is 15.0. The topological polar surface area (TPSA) is 27.1 Å². The van der Waals surface area contributed by atoms with Crippen molar-refractivity contribution in [1.82, 2.24) is 9.55 Å². The van der Waals surface area contributed by atoms with Gasteiger partial charge in [0.15, 0.2) is 5.15 Å². The molecule has 0 radical (unpaired) electrons. The van der Waals surface area contributed by atoms with Crippen molar-refractivity contribution >= 4 is 23.2 Å². The van der Waals surface area contributed by atoms with Crippen LogP contribution in [-0.4, -0.2) is 16.2 Å². The maximum absolute atomic E-state index is 14.6. The van der Waals surface area contributed by atoms with E-state index < -0.39 is 11.6 Å².